The molecule has 2 nitrogen and oxygen atoms in total. The molecule has 1 amide bonds. The molecule has 0 aliphatic rings. The van der Waals surface area contributed by atoms with E-state index in [1.165, 1.54) is 12.1 Å². The third kappa shape index (κ3) is 6.24. The zero-order valence-electron chi connectivity index (χ0n) is 13.7. The van der Waals surface area contributed by atoms with Crippen molar-refractivity contribution in [3.05, 3.63) is 81.0 Å². The Hall–Kier alpha value is -1.17. The highest BCUT2D eigenvalue weighted by Gasteiger charge is 2.18. The molecule has 0 spiro atoms. The lowest BCUT2D eigenvalue weighted by molar-refractivity contribution is 0.0786. The van der Waals surface area contributed by atoms with E-state index in [1.54, 1.807) is 36.2 Å². The summed E-state index contributed by atoms with van der Waals surface area (Å²) in [6.45, 7) is 4.32. The number of carbonyl (C=O) groups is 1. The Bertz CT molecular complexity index is 716. The minimum Gasteiger partial charge on any atom is -0.341 e. The van der Waals surface area contributed by atoms with Gasteiger partial charge in [-0.2, -0.15) is 0 Å². The van der Waals surface area contributed by atoms with Crippen LogP contribution in [-0.4, -0.2) is 24.4 Å². The number of hydrogen-bond donors (Lipinski definition) is 0. The summed E-state index contributed by atoms with van der Waals surface area (Å²) in [4.78, 5) is 14.4. The number of benzene rings is 2. The molecule has 0 unspecified atom stereocenters. The van der Waals surface area contributed by atoms with Crippen LogP contribution in [0.2, 0.25) is 0 Å². The van der Waals surface area contributed by atoms with Crippen molar-refractivity contribution in [2.24, 2.45) is 0 Å². The van der Waals surface area contributed by atoms with Crippen LogP contribution in [-0.2, 0) is 0 Å². The highest BCUT2D eigenvalue weighted by atomic mass is 79.9. The van der Waals surface area contributed by atoms with E-state index in [0.29, 0.717) is 18.5 Å². The fourth-order valence-corrected chi connectivity index (χ4v) is 3.86. The average Bonchev–Trinajstić information content (AvgIpc) is 2.53. The van der Waals surface area contributed by atoms with Crippen LogP contribution in [0, 0.1) is 5.82 Å². The normalized spacial score (nSPS) is 11.4. The zero-order valence-corrected chi connectivity index (χ0v) is 17.7. The van der Waals surface area contributed by atoms with E-state index >= 15 is 0 Å². The molecule has 0 aromatic heterocycles. The molecule has 0 heterocycles. The van der Waals surface area contributed by atoms with Crippen molar-refractivity contribution in [2.75, 3.05) is 13.6 Å². The lowest BCUT2D eigenvalue weighted by Gasteiger charge is -2.24. The summed E-state index contributed by atoms with van der Waals surface area (Å²) in [5, 5.41) is 0. The van der Waals surface area contributed by atoms with Gasteiger partial charge in [-0.25, -0.2) is 4.39 Å². The van der Waals surface area contributed by atoms with Crippen LogP contribution in [0.25, 0.3) is 0 Å². The molecule has 6 heteroatoms. The lowest BCUT2D eigenvalue weighted by Crippen LogP contribution is -2.31. The first kappa shape index (κ1) is 21.9. The monoisotopic (exact) mass is 489 g/mol. The molecule has 0 radical (unpaired) electrons. The molecular weight excluding hydrogens is 472 g/mol. The van der Waals surface area contributed by atoms with Gasteiger partial charge in [-0.15, -0.1) is 19.0 Å². The van der Waals surface area contributed by atoms with Gasteiger partial charge >= 0.3 is 0 Å². The molecule has 0 bridgehead atoms. The van der Waals surface area contributed by atoms with Crippen molar-refractivity contribution in [1.29, 1.82) is 0 Å². The molecule has 0 N–H and O–H groups in total. The van der Waals surface area contributed by atoms with Gasteiger partial charge in [0, 0.05) is 34.0 Å². The number of halogens is 4. The van der Waals surface area contributed by atoms with E-state index in [0.717, 1.165) is 14.5 Å². The van der Waals surface area contributed by atoms with Gasteiger partial charge in [-0.1, -0.05) is 50.1 Å². The van der Waals surface area contributed by atoms with Crippen molar-refractivity contribution < 1.29 is 9.18 Å². The van der Waals surface area contributed by atoms with E-state index in [1.807, 2.05) is 12.1 Å². The minimum absolute atomic E-state index is 0. The van der Waals surface area contributed by atoms with Crippen LogP contribution >= 0.6 is 44.3 Å². The summed E-state index contributed by atoms with van der Waals surface area (Å²) in [7, 11) is 1.77. The van der Waals surface area contributed by atoms with Crippen LogP contribution < -0.4 is 0 Å². The van der Waals surface area contributed by atoms with Crippen molar-refractivity contribution in [3.63, 3.8) is 0 Å². The number of amides is 1. The largest absolute Gasteiger partial charge is 0.341 e. The van der Waals surface area contributed by atoms with E-state index in [4.69, 9.17) is 0 Å². The maximum atomic E-state index is 13.1. The van der Waals surface area contributed by atoms with E-state index in [2.05, 4.69) is 38.4 Å². The molecule has 2 aromatic rings. The highest BCUT2D eigenvalue weighted by Crippen LogP contribution is 2.24. The van der Waals surface area contributed by atoms with Gasteiger partial charge in [0.25, 0.3) is 5.91 Å². The Morgan fingerprint density at radius 3 is 2.28 bits per heavy atom. The SMILES string of the molecule is C=CC[C@H](CN(C)C(=O)c1cc(Br)cc(Br)c1)c1ccc(F)cc1.Cl. The number of nitrogens with zero attached hydrogens (tertiary/aromatic N) is 1. The molecule has 1 atom stereocenters. The fraction of sp³-hybridized carbons (Fsp3) is 0.211. The highest BCUT2D eigenvalue weighted by molar-refractivity contribution is 9.11. The summed E-state index contributed by atoms with van der Waals surface area (Å²) < 4.78 is 14.8. The number of rotatable bonds is 6. The minimum atomic E-state index is -0.264. The second kappa shape index (κ2) is 10.1. The molecule has 2 rings (SSSR count). The predicted molar refractivity (Wildman–Crippen MR) is 110 cm³/mol. The molecule has 0 saturated heterocycles. The topological polar surface area (TPSA) is 20.3 Å². The van der Waals surface area contributed by atoms with Gasteiger partial charge in [0.15, 0.2) is 0 Å². The molecule has 2 aromatic carbocycles. The standard InChI is InChI=1S/C19H18Br2FNO.ClH/c1-3-4-14(13-5-7-18(22)8-6-13)12-23(2)19(24)15-9-16(20)11-17(21)10-15;/h3,5-11,14H,1,4,12H2,2H3;1H/t14-;/m1./s1. The zero-order chi connectivity index (χ0) is 17.7. The fourth-order valence-electron chi connectivity index (χ4n) is 2.56. The first-order valence-electron chi connectivity index (χ1n) is 7.48. The predicted octanol–water partition coefficient (Wildman–Crippen LogP) is 6.20. The van der Waals surface area contributed by atoms with Gasteiger partial charge in [-0.3, -0.25) is 4.79 Å². The summed E-state index contributed by atoms with van der Waals surface area (Å²) in [6, 6.07) is 11.9. The molecule has 0 aliphatic carbocycles. The number of allylic oxidation sites excluding steroid dienone is 1. The number of hydrogen-bond acceptors (Lipinski definition) is 1. The van der Waals surface area contributed by atoms with Crippen molar-refractivity contribution in [1.82, 2.24) is 4.90 Å². The quantitative estimate of drug-likeness (QED) is 0.441. The van der Waals surface area contributed by atoms with Gasteiger partial charge in [0.2, 0.25) is 0 Å². The molecule has 0 aliphatic heterocycles. The maximum absolute atomic E-state index is 13.1. The van der Waals surface area contributed by atoms with Crippen LogP contribution in [0.5, 0.6) is 0 Å². The average molecular weight is 492 g/mol. The molecule has 134 valence electrons. The lowest BCUT2D eigenvalue weighted by atomic mass is 9.95. The summed E-state index contributed by atoms with van der Waals surface area (Å²) in [6.07, 6.45) is 2.54. The Labute approximate surface area is 170 Å². The summed E-state index contributed by atoms with van der Waals surface area (Å²) >= 11 is 6.80. The van der Waals surface area contributed by atoms with Gasteiger partial charge < -0.3 is 4.90 Å². The Morgan fingerprint density at radius 1 is 1.20 bits per heavy atom. The van der Waals surface area contributed by atoms with Crippen molar-refractivity contribution in [2.45, 2.75) is 12.3 Å². The maximum Gasteiger partial charge on any atom is 0.253 e. The third-order valence-corrected chi connectivity index (χ3v) is 4.66. The number of likely N-dealkylation sites (N-methyl/N-ethyl adjacent to an activating group) is 1. The number of carbonyl (C=O) groups excluding carboxylic acids is 1. The van der Waals surface area contributed by atoms with Gasteiger partial charge in [-0.05, 0) is 42.3 Å². The second-order valence-corrected chi connectivity index (χ2v) is 7.45. The van der Waals surface area contributed by atoms with Crippen molar-refractivity contribution >= 4 is 50.2 Å². The smallest absolute Gasteiger partial charge is 0.253 e. The molecule has 25 heavy (non-hydrogen) atoms. The summed E-state index contributed by atoms with van der Waals surface area (Å²) in [5.41, 5.74) is 1.60. The van der Waals surface area contributed by atoms with E-state index in [-0.39, 0.29) is 30.0 Å². The van der Waals surface area contributed by atoms with Crippen molar-refractivity contribution in [3.8, 4) is 0 Å². The molecule has 0 fully saturated rings. The Morgan fingerprint density at radius 2 is 1.76 bits per heavy atom. The Balaban J connectivity index is 0.00000312. The first-order valence-corrected chi connectivity index (χ1v) is 9.07. The van der Waals surface area contributed by atoms with Crippen LogP contribution in [0.3, 0.4) is 0 Å². The van der Waals surface area contributed by atoms with Crippen LogP contribution in [0.1, 0.15) is 28.3 Å². The molecular formula is C19H19Br2ClFNO. The first-order chi connectivity index (χ1) is 11.4. The third-order valence-electron chi connectivity index (χ3n) is 3.74. The Kier molecular flexibility index (Phi) is 8.83. The molecule has 0 saturated carbocycles. The summed E-state index contributed by atoms with van der Waals surface area (Å²) in [5.74, 6) is -0.250. The van der Waals surface area contributed by atoms with E-state index in [9.17, 15) is 9.18 Å². The van der Waals surface area contributed by atoms with Crippen LogP contribution in [0.4, 0.5) is 4.39 Å². The van der Waals surface area contributed by atoms with E-state index < -0.39 is 0 Å². The second-order valence-electron chi connectivity index (χ2n) is 5.62. The van der Waals surface area contributed by atoms with Crippen LogP contribution in [0.15, 0.2) is 64.1 Å². The van der Waals surface area contributed by atoms with Gasteiger partial charge in [0.05, 0.1) is 0 Å². The van der Waals surface area contributed by atoms with Gasteiger partial charge in [0.1, 0.15) is 5.82 Å².